The number of nitrogens with zero attached hydrogens (tertiary/aromatic N) is 2. The van der Waals surface area contributed by atoms with E-state index in [0.29, 0.717) is 18.5 Å². The molecule has 0 unspecified atom stereocenters. The molecule has 0 spiro atoms. The van der Waals surface area contributed by atoms with Gasteiger partial charge in [0.05, 0.1) is 16.8 Å². The molecule has 0 aliphatic heterocycles. The number of sulfone groups is 1. The number of carbonyl (C=O) groups excluding carboxylic acids is 1. The summed E-state index contributed by atoms with van der Waals surface area (Å²) in [5, 5.41) is 7.08. The predicted octanol–water partition coefficient (Wildman–Crippen LogP) is 2.85. The lowest BCUT2D eigenvalue weighted by Crippen LogP contribution is -2.12. The number of para-hydroxylation sites is 1. The zero-order chi connectivity index (χ0) is 18.6. The van der Waals surface area contributed by atoms with Crippen molar-refractivity contribution in [1.29, 1.82) is 0 Å². The smallest absolute Gasteiger partial charge is 0.224 e. The fourth-order valence-electron chi connectivity index (χ4n) is 2.48. The highest BCUT2D eigenvalue weighted by Gasteiger charge is 2.08. The topological polar surface area (TPSA) is 81.1 Å². The first kappa shape index (κ1) is 17.9. The van der Waals surface area contributed by atoms with Crippen molar-refractivity contribution in [1.82, 2.24) is 9.78 Å². The second-order valence-corrected chi connectivity index (χ2v) is 7.99. The summed E-state index contributed by atoms with van der Waals surface area (Å²) < 4.78 is 24.6. The van der Waals surface area contributed by atoms with Crippen molar-refractivity contribution in [2.45, 2.75) is 17.7 Å². The Hall–Kier alpha value is -2.93. The Morgan fingerprint density at radius 3 is 2.42 bits per heavy atom. The first-order chi connectivity index (χ1) is 12.4. The Kier molecular flexibility index (Phi) is 5.18. The average molecular weight is 369 g/mol. The molecule has 0 atom stereocenters. The molecular weight excluding hydrogens is 350 g/mol. The van der Waals surface area contributed by atoms with Gasteiger partial charge < -0.3 is 5.32 Å². The number of rotatable bonds is 6. The molecule has 2 aromatic carbocycles. The van der Waals surface area contributed by atoms with Crippen molar-refractivity contribution in [3.63, 3.8) is 0 Å². The van der Waals surface area contributed by atoms with Crippen LogP contribution in [0.15, 0.2) is 71.9 Å². The van der Waals surface area contributed by atoms with E-state index in [-0.39, 0.29) is 10.8 Å². The van der Waals surface area contributed by atoms with Gasteiger partial charge in [-0.15, -0.1) is 0 Å². The van der Waals surface area contributed by atoms with Crippen LogP contribution in [-0.4, -0.2) is 30.4 Å². The van der Waals surface area contributed by atoms with Gasteiger partial charge in [-0.1, -0.05) is 18.2 Å². The Labute approximate surface area is 152 Å². The molecule has 6 nitrogen and oxygen atoms in total. The number of nitrogens with one attached hydrogen (secondary N) is 1. The van der Waals surface area contributed by atoms with Gasteiger partial charge in [-0.25, -0.2) is 13.1 Å². The summed E-state index contributed by atoms with van der Waals surface area (Å²) in [4.78, 5) is 12.3. The van der Waals surface area contributed by atoms with Crippen LogP contribution in [0.3, 0.4) is 0 Å². The fourth-order valence-corrected chi connectivity index (χ4v) is 3.11. The maximum Gasteiger partial charge on any atom is 0.224 e. The SMILES string of the molecule is CS(=O)(=O)c1ccc(NC(=O)CCc2cnn(-c3ccccc3)c2)cc1. The molecule has 1 aromatic heterocycles. The number of carbonyl (C=O) groups is 1. The van der Waals surface area contributed by atoms with Gasteiger partial charge in [0, 0.05) is 24.6 Å². The molecule has 0 fully saturated rings. The summed E-state index contributed by atoms with van der Waals surface area (Å²) >= 11 is 0. The molecule has 1 N–H and O–H groups in total. The number of benzene rings is 2. The minimum Gasteiger partial charge on any atom is -0.326 e. The number of hydrogen-bond donors (Lipinski definition) is 1. The summed E-state index contributed by atoms with van der Waals surface area (Å²) in [5.74, 6) is -0.135. The molecule has 0 aliphatic rings. The predicted molar refractivity (Wildman–Crippen MR) is 100 cm³/mol. The van der Waals surface area contributed by atoms with E-state index < -0.39 is 9.84 Å². The van der Waals surface area contributed by atoms with Crippen LogP contribution in [-0.2, 0) is 21.1 Å². The zero-order valence-corrected chi connectivity index (χ0v) is 15.1. The maximum atomic E-state index is 12.1. The third-order valence-electron chi connectivity index (χ3n) is 3.86. The van der Waals surface area contributed by atoms with Crippen LogP contribution >= 0.6 is 0 Å². The Morgan fingerprint density at radius 1 is 1.08 bits per heavy atom. The van der Waals surface area contributed by atoms with Crippen molar-refractivity contribution in [2.24, 2.45) is 0 Å². The zero-order valence-electron chi connectivity index (χ0n) is 14.3. The van der Waals surface area contributed by atoms with Crippen LogP contribution in [0.4, 0.5) is 5.69 Å². The molecule has 26 heavy (non-hydrogen) atoms. The highest BCUT2D eigenvalue weighted by atomic mass is 32.2. The monoisotopic (exact) mass is 369 g/mol. The highest BCUT2D eigenvalue weighted by molar-refractivity contribution is 7.90. The van der Waals surface area contributed by atoms with Crippen LogP contribution in [0.5, 0.6) is 0 Å². The van der Waals surface area contributed by atoms with E-state index in [1.807, 2.05) is 36.5 Å². The second kappa shape index (κ2) is 7.53. The lowest BCUT2D eigenvalue weighted by molar-refractivity contribution is -0.116. The summed E-state index contributed by atoms with van der Waals surface area (Å²) in [7, 11) is -3.24. The van der Waals surface area contributed by atoms with Gasteiger partial charge in [-0.2, -0.15) is 5.10 Å². The van der Waals surface area contributed by atoms with E-state index >= 15 is 0 Å². The number of hydrogen-bond acceptors (Lipinski definition) is 4. The van der Waals surface area contributed by atoms with Crippen LogP contribution < -0.4 is 5.32 Å². The third kappa shape index (κ3) is 4.58. The molecule has 3 aromatic rings. The molecule has 7 heteroatoms. The minimum absolute atomic E-state index is 0.135. The molecule has 134 valence electrons. The van der Waals surface area contributed by atoms with Gasteiger partial charge in [-0.3, -0.25) is 4.79 Å². The van der Waals surface area contributed by atoms with Crippen molar-refractivity contribution in [2.75, 3.05) is 11.6 Å². The van der Waals surface area contributed by atoms with Crippen molar-refractivity contribution < 1.29 is 13.2 Å². The van der Waals surface area contributed by atoms with Gasteiger partial charge in [0.1, 0.15) is 0 Å². The molecule has 0 radical (unpaired) electrons. The van der Waals surface area contributed by atoms with E-state index in [1.54, 1.807) is 23.0 Å². The van der Waals surface area contributed by atoms with Gasteiger partial charge in [0.15, 0.2) is 9.84 Å². The molecule has 3 rings (SSSR count). The molecule has 0 bridgehead atoms. The molecule has 0 aliphatic carbocycles. The van der Waals surface area contributed by atoms with Crippen molar-refractivity contribution in [3.8, 4) is 5.69 Å². The first-order valence-electron chi connectivity index (χ1n) is 8.11. The van der Waals surface area contributed by atoms with Crippen molar-refractivity contribution >= 4 is 21.4 Å². The van der Waals surface area contributed by atoms with Crippen LogP contribution in [0.25, 0.3) is 5.69 Å². The molecule has 0 saturated carbocycles. The van der Waals surface area contributed by atoms with Gasteiger partial charge in [-0.05, 0) is 48.4 Å². The largest absolute Gasteiger partial charge is 0.326 e. The summed E-state index contributed by atoms with van der Waals surface area (Å²) in [6.45, 7) is 0. The Bertz CT molecular complexity index is 994. The van der Waals surface area contributed by atoms with Crippen LogP contribution in [0.1, 0.15) is 12.0 Å². The lowest BCUT2D eigenvalue weighted by Gasteiger charge is -2.05. The van der Waals surface area contributed by atoms with E-state index in [1.165, 1.54) is 12.1 Å². The van der Waals surface area contributed by atoms with Gasteiger partial charge in [0.2, 0.25) is 5.91 Å². The Balaban J connectivity index is 1.55. The van der Waals surface area contributed by atoms with E-state index in [4.69, 9.17) is 0 Å². The minimum atomic E-state index is -3.24. The third-order valence-corrected chi connectivity index (χ3v) is 4.99. The van der Waals surface area contributed by atoms with Gasteiger partial charge >= 0.3 is 0 Å². The quantitative estimate of drug-likeness (QED) is 0.724. The van der Waals surface area contributed by atoms with E-state index in [2.05, 4.69) is 10.4 Å². The van der Waals surface area contributed by atoms with Crippen molar-refractivity contribution in [3.05, 3.63) is 72.6 Å². The lowest BCUT2D eigenvalue weighted by atomic mass is 10.2. The summed E-state index contributed by atoms with van der Waals surface area (Å²) in [5.41, 5.74) is 2.51. The number of anilines is 1. The summed E-state index contributed by atoms with van der Waals surface area (Å²) in [6, 6.07) is 15.9. The summed E-state index contributed by atoms with van der Waals surface area (Å²) in [6.07, 6.45) is 5.69. The second-order valence-electron chi connectivity index (χ2n) is 5.97. The standard InChI is InChI=1S/C19H19N3O3S/c1-26(24,25)18-10-8-16(9-11-18)21-19(23)12-7-15-13-20-22(14-15)17-5-3-2-4-6-17/h2-6,8-11,13-14H,7,12H2,1H3,(H,21,23). The van der Waals surface area contributed by atoms with Gasteiger partial charge in [0.25, 0.3) is 0 Å². The first-order valence-corrected chi connectivity index (χ1v) is 10.00. The Morgan fingerprint density at radius 2 is 1.77 bits per heavy atom. The van der Waals surface area contributed by atoms with Crippen LogP contribution in [0, 0.1) is 0 Å². The highest BCUT2D eigenvalue weighted by Crippen LogP contribution is 2.15. The van der Waals surface area contributed by atoms with E-state index in [9.17, 15) is 13.2 Å². The van der Waals surface area contributed by atoms with Crippen LogP contribution in [0.2, 0.25) is 0 Å². The molecule has 0 saturated heterocycles. The number of aromatic nitrogens is 2. The fraction of sp³-hybridized carbons (Fsp3) is 0.158. The molecule has 1 amide bonds. The average Bonchev–Trinajstić information content (AvgIpc) is 3.09. The number of aryl methyl sites for hydroxylation is 1. The molecular formula is C19H19N3O3S. The van der Waals surface area contributed by atoms with E-state index in [0.717, 1.165) is 17.5 Å². The number of amides is 1. The normalized spacial score (nSPS) is 11.3. The molecule has 1 heterocycles. The maximum absolute atomic E-state index is 12.1.